The van der Waals surface area contributed by atoms with Gasteiger partial charge in [0.25, 0.3) is 0 Å². The third-order valence-electron chi connectivity index (χ3n) is 3.11. The molecule has 2 aliphatic rings. The highest BCUT2D eigenvalue weighted by Gasteiger charge is 2.48. The lowest BCUT2D eigenvalue weighted by Crippen LogP contribution is -2.40. The van der Waals surface area contributed by atoms with Crippen molar-refractivity contribution in [2.45, 2.75) is 31.2 Å². The van der Waals surface area contributed by atoms with Gasteiger partial charge in [-0.25, -0.2) is 0 Å². The van der Waals surface area contributed by atoms with E-state index in [1.807, 2.05) is 0 Å². The van der Waals surface area contributed by atoms with Gasteiger partial charge in [-0.15, -0.1) is 12.3 Å². The quantitative estimate of drug-likeness (QED) is 0.592. The first-order chi connectivity index (χ1) is 6.37. The molecule has 72 valence electrons. The summed E-state index contributed by atoms with van der Waals surface area (Å²) in [5, 5.41) is 0. The number of ether oxygens (including phenoxy) is 1. The lowest BCUT2D eigenvalue weighted by atomic mass is 10.2. The summed E-state index contributed by atoms with van der Waals surface area (Å²) in [5.41, 5.74) is 0.396. The molecule has 1 aliphatic carbocycles. The molecule has 0 aromatic carbocycles. The zero-order valence-corrected chi connectivity index (χ0v) is 8.09. The minimum absolute atomic E-state index is 0.396. The summed E-state index contributed by atoms with van der Waals surface area (Å²) in [4.78, 5) is 2.54. The Balaban J connectivity index is 1.93. The minimum Gasteiger partial charge on any atom is -0.379 e. The Morgan fingerprint density at radius 2 is 2.31 bits per heavy atom. The van der Waals surface area contributed by atoms with Crippen LogP contribution in [0.5, 0.6) is 0 Å². The summed E-state index contributed by atoms with van der Waals surface area (Å²) in [6.45, 7) is 4.08. The molecule has 0 amide bonds. The van der Waals surface area contributed by atoms with Gasteiger partial charge in [0.2, 0.25) is 0 Å². The highest BCUT2D eigenvalue weighted by Crippen LogP contribution is 2.43. The predicted molar refractivity (Wildman–Crippen MR) is 52.4 cm³/mol. The first kappa shape index (κ1) is 9.05. The van der Waals surface area contributed by atoms with Gasteiger partial charge in [-0.3, -0.25) is 4.90 Å². The lowest BCUT2D eigenvalue weighted by molar-refractivity contribution is 0.0884. The van der Waals surface area contributed by atoms with E-state index < -0.39 is 0 Å². The number of nitrogens with zero attached hydrogens (tertiary/aromatic N) is 1. The van der Waals surface area contributed by atoms with Gasteiger partial charge in [-0.1, -0.05) is 0 Å². The van der Waals surface area contributed by atoms with Crippen molar-refractivity contribution < 1.29 is 4.74 Å². The van der Waals surface area contributed by atoms with Gasteiger partial charge in [0.05, 0.1) is 6.61 Å². The Hall–Kier alpha value is -0.520. The van der Waals surface area contributed by atoms with E-state index in [-0.39, 0.29) is 0 Å². The van der Waals surface area contributed by atoms with Crippen LogP contribution >= 0.6 is 0 Å². The molecule has 13 heavy (non-hydrogen) atoms. The molecular weight excluding hydrogens is 162 g/mol. The van der Waals surface area contributed by atoms with E-state index in [9.17, 15) is 0 Å². The maximum atomic E-state index is 5.59. The van der Waals surface area contributed by atoms with Gasteiger partial charge in [-0.2, -0.15) is 0 Å². The number of hydrogen-bond acceptors (Lipinski definition) is 2. The van der Waals surface area contributed by atoms with Crippen LogP contribution in [-0.4, -0.2) is 36.7 Å². The van der Waals surface area contributed by atoms with E-state index in [1.54, 1.807) is 0 Å². The minimum atomic E-state index is 0.396. The fourth-order valence-corrected chi connectivity index (χ4v) is 2.10. The van der Waals surface area contributed by atoms with Gasteiger partial charge in [-0.05, 0) is 19.3 Å². The maximum Gasteiger partial charge on any atom is 0.0650 e. The monoisotopic (exact) mass is 179 g/mol. The van der Waals surface area contributed by atoms with E-state index >= 15 is 0 Å². The number of terminal acetylenes is 1. The van der Waals surface area contributed by atoms with Crippen LogP contribution in [0, 0.1) is 12.3 Å². The van der Waals surface area contributed by atoms with Crippen LogP contribution in [-0.2, 0) is 4.74 Å². The van der Waals surface area contributed by atoms with E-state index in [4.69, 9.17) is 11.2 Å². The Labute approximate surface area is 80.2 Å². The Kier molecular flexibility index (Phi) is 2.57. The molecule has 2 rings (SSSR count). The van der Waals surface area contributed by atoms with Crippen molar-refractivity contribution in [2.24, 2.45) is 0 Å². The van der Waals surface area contributed by atoms with Crippen LogP contribution in [0.25, 0.3) is 0 Å². The summed E-state index contributed by atoms with van der Waals surface area (Å²) in [6, 6.07) is 0. The molecule has 0 unspecified atom stereocenters. The van der Waals surface area contributed by atoms with Crippen LogP contribution in [0.1, 0.15) is 25.7 Å². The summed E-state index contributed by atoms with van der Waals surface area (Å²) in [6.07, 6.45) is 9.93. The van der Waals surface area contributed by atoms with Crippen LogP contribution in [0.2, 0.25) is 0 Å². The molecule has 0 aromatic rings. The topological polar surface area (TPSA) is 12.5 Å². The lowest BCUT2D eigenvalue weighted by Gasteiger charge is -2.28. The second-order valence-corrected chi connectivity index (χ2v) is 4.07. The number of hydrogen-bond donors (Lipinski definition) is 0. The average molecular weight is 179 g/mol. The molecule has 2 nitrogen and oxygen atoms in total. The predicted octanol–water partition coefficient (Wildman–Crippen LogP) is 1.26. The fourth-order valence-electron chi connectivity index (χ4n) is 2.10. The zero-order chi connectivity index (χ0) is 9.15. The Bertz CT molecular complexity index is 215. The van der Waals surface area contributed by atoms with Crippen LogP contribution < -0.4 is 0 Å². The number of rotatable bonds is 2. The third kappa shape index (κ3) is 1.87. The van der Waals surface area contributed by atoms with Crippen molar-refractivity contribution >= 4 is 0 Å². The molecule has 1 heterocycles. The van der Waals surface area contributed by atoms with Crippen molar-refractivity contribution in [1.82, 2.24) is 4.90 Å². The summed E-state index contributed by atoms with van der Waals surface area (Å²) in [5.74, 6) is 2.72. The summed E-state index contributed by atoms with van der Waals surface area (Å²) in [7, 11) is 0. The first-order valence-corrected chi connectivity index (χ1v) is 5.14. The van der Waals surface area contributed by atoms with E-state index in [0.29, 0.717) is 5.54 Å². The molecular formula is C11H17NO. The third-order valence-corrected chi connectivity index (χ3v) is 3.11. The van der Waals surface area contributed by atoms with E-state index in [1.165, 1.54) is 19.4 Å². The highest BCUT2D eigenvalue weighted by molar-refractivity contribution is 5.05. The fraction of sp³-hybridized carbons (Fsp3) is 0.818. The molecule has 0 radical (unpaired) electrons. The van der Waals surface area contributed by atoms with Crippen molar-refractivity contribution in [3.05, 3.63) is 0 Å². The molecule has 0 bridgehead atoms. The average Bonchev–Trinajstić information content (AvgIpc) is 2.93. The van der Waals surface area contributed by atoms with Crippen LogP contribution in [0.3, 0.4) is 0 Å². The molecule has 2 fully saturated rings. The molecule has 0 N–H and O–H groups in total. The van der Waals surface area contributed by atoms with Crippen LogP contribution in [0.15, 0.2) is 0 Å². The van der Waals surface area contributed by atoms with Crippen LogP contribution in [0.4, 0.5) is 0 Å². The van der Waals surface area contributed by atoms with Gasteiger partial charge < -0.3 is 4.74 Å². The van der Waals surface area contributed by atoms with Crippen molar-refractivity contribution in [2.75, 3.05) is 26.3 Å². The van der Waals surface area contributed by atoms with E-state index in [0.717, 1.165) is 32.6 Å². The zero-order valence-electron chi connectivity index (χ0n) is 8.09. The smallest absolute Gasteiger partial charge is 0.0650 e. The van der Waals surface area contributed by atoms with Gasteiger partial charge >= 0.3 is 0 Å². The molecule has 0 atom stereocenters. The maximum absolute atomic E-state index is 5.59. The molecule has 1 spiro atoms. The second-order valence-electron chi connectivity index (χ2n) is 4.07. The van der Waals surface area contributed by atoms with Crippen molar-refractivity contribution in [3.63, 3.8) is 0 Å². The summed E-state index contributed by atoms with van der Waals surface area (Å²) < 4.78 is 5.59. The van der Waals surface area contributed by atoms with Gasteiger partial charge in [0.1, 0.15) is 0 Å². The normalized spacial score (nSPS) is 26.7. The van der Waals surface area contributed by atoms with Crippen molar-refractivity contribution in [3.8, 4) is 12.3 Å². The Morgan fingerprint density at radius 3 is 3.00 bits per heavy atom. The van der Waals surface area contributed by atoms with Gasteiger partial charge in [0, 0.05) is 31.7 Å². The molecule has 1 aliphatic heterocycles. The standard InChI is InChI=1S/C11H17NO/c1-2-3-7-12-8-4-9-13-10-11(12)5-6-11/h1H,3-10H2. The molecule has 1 saturated carbocycles. The second kappa shape index (κ2) is 3.69. The molecule has 2 heteroatoms. The first-order valence-electron chi connectivity index (χ1n) is 5.14. The van der Waals surface area contributed by atoms with E-state index in [2.05, 4.69) is 10.8 Å². The van der Waals surface area contributed by atoms with Gasteiger partial charge in [0.15, 0.2) is 0 Å². The summed E-state index contributed by atoms with van der Waals surface area (Å²) >= 11 is 0. The van der Waals surface area contributed by atoms with Crippen molar-refractivity contribution in [1.29, 1.82) is 0 Å². The Morgan fingerprint density at radius 1 is 1.46 bits per heavy atom. The molecule has 1 saturated heterocycles. The highest BCUT2D eigenvalue weighted by atomic mass is 16.5. The largest absolute Gasteiger partial charge is 0.379 e. The SMILES string of the molecule is C#CCCN1CCCOCC12CC2. The molecule has 0 aromatic heterocycles.